The van der Waals surface area contributed by atoms with Crippen LogP contribution in [-0.4, -0.2) is 17.4 Å². The van der Waals surface area contributed by atoms with Gasteiger partial charge in [0.15, 0.2) is 0 Å². The summed E-state index contributed by atoms with van der Waals surface area (Å²) < 4.78 is 19.3. The van der Waals surface area contributed by atoms with Crippen LogP contribution in [0, 0.1) is 5.82 Å². The molecule has 0 saturated carbocycles. The number of carbonyl (C=O) groups is 1. The van der Waals surface area contributed by atoms with E-state index in [9.17, 15) is 9.18 Å². The molecular formula is C24H22FNO2. The minimum atomic E-state index is -0.270. The first-order valence-corrected chi connectivity index (χ1v) is 9.49. The predicted octanol–water partition coefficient (Wildman–Crippen LogP) is 5.16. The van der Waals surface area contributed by atoms with Gasteiger partial charge in [-0.05, 0) is 48.7 Å². The lowest BCUT2D eigenvalue weighted by molar-refractivity contribution is 0.0724. The summed E-state index contributed by atoms with van der Waals surface area (Å²) in [4.78, 5) is 14.8. The summed E-state index contributed by atoms with van der Waals surface area (Å²) in [7, 11) is 0. The summed E-state index contributed by atoms with van der Waals surface area (Å²) in [6.07, 6.45) is 0.639. The Balaban J connectivity index is 1.53. The smallest absolute Gasteiger partial charge is 0.254 e. The monoisotopic (exact) mass is 375 g/mol. The Morgan fingerprint density at radius 2 is 1.75 bits per heavy atom. The fourth-order valence-electron chi connectivity index (χ4n) is 3.60. The van der Waals surface area contributed by atoms with E-state index in [0.717, 1.165) is 28.9 Å². The van der Waals surface area contributed by atoms with Crippen molar-refractivity contribution >= 4 is 5.91 Å². The van der Waals surface area contributed by atoms with Crippen LogP contribution in [-0.2, 0) is 13.0 Å². The number of hydrogen-bond acceptors (Lipinski definition) is 2. The van der Waals surface area contributed by atoms with Crippen molar-refractivity contribution in [2.75, 3.05) is 6.54 Å². The van der Waals surface area contributed by atoms with E-state index >= 15 is 0 Å². The van der Waals surface area contributed by atoms with Crippen molar-refractivity contribution in [3.05, 3.63) is 101 Å². The summed E-state index contributed by atoms with van der Waals surface area (Å²) in [5.74, 6) is 0.486. The lowest BCUT2D eigenvalue weighted by atomic mass is 9.97. The number of fused-ring (bicyclic) bond motifs is 1. The first-order valence-electron chi connectivity index (χ1n) is 9.49. The summed E-state index contributed by atoms with van der Waals surface area (Å²) in [5.41, 5.74) is 3.67. The molecule has 0 unspecified atom stereocenters. The summed E-state index contributed by atoms with van der Waals surface area (Å²) >= 11 is 0. The second kappa shape index (κ2) is 7.85. The molecule has 1 atom stereocenters. The number of amides is 1. The average Bonchev–Trinajstić information content (AvgIpc) is 2.73. The van der Waals surface area contributed by atoms with Crippen LogP contribution in [0.4, 0.5) is 4.39 Å². The Labute approximate surface area is 164 Å². The van der Waals surface area contributed by atoms with Crippen LogP contribution >= 0.6 is 0 Å². The van der Waals surface area contributed by atoms with Gasteiger partial charge in [0.05, 0.1) is 0 Å². The van der Waals surface area contributed by atoms with Gasteiger partial charge >= 0.3 is 0 Å². The second-order valence-corrected chi connectivity index (χ2v) is 7.06. The molecule has 0 spiro atoms. The highest BCUT2D eigenvalue weighted by atomic mass is 19.1. The zero-order chi connectivity index (χ0) is 19.5. The van der Waals surface area contributed by atoms with Gasteiger partial charge in [0.25, 0.3) is 5.91 Å². The third kappa shape index (κ3) is 3.77. The molecule has 0 radical (unpaired) electrons. The second-order valence-electron chi connectivity index (χ2n) is 7.06. The van der Waals surface area contributed by atoms with Crippen LogP contribution in [0.15, 0.2) is 72.8 Å². The van der Waals surface area contributed by atoms with Gasteiger partial charge in [-0.1, -0.05) is 48.5 Å². The maximum atomic E-state index is 13.1. The third-order valence-electron chi connectivity index (χ3n) is 5.14. The lowest BCUT2D eigenvalue weighted by Crippen LogP contribution is -2.37. The molecule has 0 fully saturated rings. The minimum absolute atomic E-state index is 0.0108. The number of nitrogens with zero attached hydrogens (tertiary/aromatic N) is 1. The molecule has 28 heavy (non-hydrogen) atoms. The molecule has 1 aliphatic heterocycles. The van der Waals surface area contributed by atoms with Crippen LogP contribution in [0.1, 0.15) is 40.1 Å². The summed E-state index contributed by atoms with van der Waals surface area (Å²) in [6.45, 7) is 3.10. The number of halogens is 1. The number of benzene rings is 3. The van der Waals surface area contributed by atoms with E-state index in [2.05, 4.69) is 0 Å². The number of rotatable bonds is 5. The standard InChI is InChI=1S/C24H22FNO2/c1-17(19-6-3-2-4-7-19)28-23-9-5-8-22-21(23)14-15-26(24(22)27)16-18-10-12-20(25)13-11-18/h2-13,17H,14-16H2,1H3/t17-/m1/s1. The van der Waals surface area contributed by atoms with Gasteiger partial charge in [0.1, 0.15) is 17.7 Å². The van der Waals surface area contributed by atoms with Gasteiger partial charge in [-0.3, -0.25) is 4.79 Å². The quantitative estimate of drug-likeness (QED) is 0.616. The van der Waals surface area contributed by atoms with Crippen LogP contribution in [0.3, 0.4) is 0 Å². The molecule has 1 heterocycles. The Hall–Kier alpha value is -3.14. The zero-order valence-electron chi connectivity index (χ0n) is 15.8. The maximum absolute atomic E-state index is 13.1. The summed E-state index contributed by atoms with van der Waals surface area (Å²) in [6, 6.07) is 22.0. The number of hydrogen-bond donors (Lipinski definition) is 0. The molecule has 3 aromatic carbocycles. The molecule has 4 heteroatoms. The van der Waals surface area contributed by atoms with Crippen molar-refractivity contribution in [2.24, 2.45) is 0 Å². The van der Waals surface area contributed by atoms with Crippen LogP contribution in [0.25, 0.3) is 0 Å². The predicted molar refractivity (Wildman–Crippen MR) is 107 cm³/mol. The first-order chi connectivity index (χ1) is 13.6. The van der Waals surface area contributed by atoms with Crippen LogP contribution < -0.4 is 4.74 Å². The van der Waals surface area contributed by atoms with E-state index in [0.29, 0.717) is 18.7 Å². The van der Waals surface area contributed by atoms with Crippen molar-refractivity contribution in [1.82, 2.24) is 4.90 Å². The molecule has 0 N–H and O–H groups in total. The lowest BCUT2D eigenvalue weighted by Gasteiger charge is -2.30. The maximum Gasteiger partial charge on any atom is 0.254 e. The molecule has 0 aromatic heterocycles. The van der Waals surface area contributed by atoms with Gasteiger partial charge < -0.3 is 9.64 Å². The first kappa shape index (κ1) is 18.2. The normalized spacial score (nSPS) is 14.5. The van der Waals surface area contributed by atoms with E-state index < -0.39 is 0 Å². The fourth-order valence-corrected chi connectivity index (χ4v) is 3.60. The van der Waals surface area contributed by atoms with E-state index in [4.69, 9.17) is 4.74 Å². The largest absolute Gasteiger partial charge is 0.486 e. The van der Waals surface area contributed by atoms with E-state index in [-0.39, 0.29) is 17.8 Å². The molecule has 0 saturated heterocycles. The van der Waals surface area contributed by atoms with Gasteiger partial charge in [-0.15, -0.1) is 0 Å². The molecule has 0 aliphatic carbocycles. The Kier molecular flexibility index (Phi) is 5.11. The van der Waals surface area contributed by atoms with Gasteiger partial charge in [0.2, 0.25) is 0 Å². The topological polar surface area (TPSA) is 29.5 Å². The van der Waals surface area contributed by atoms with Crippen molar-refractivity contribution in [3.8, 4) is 5.75 Å². The summed E-state index contributed by atoms with van der Waals surface area (Å²) in [5, 5.41) is 0. The molecular weight excluding hydrogens is 353 g/mol. The minimum Gasteiger partial charge on any atom is -0.486 e. The average molecular weight is 375 g/mol. The van der Waals surface area contributed by atoms with Crippen LogP contribution in [0.2, 0.25) is 0 Å². The van der Waals surface area contributed by atoms with Gasteiger partial charge in [-0.25, -0.2) is 4.39 Å². The van der Waals surface area contributed by atoms with Crippen molar-refractivity contribution < 1.29 is 13.9 Å². The Morgan fingerprint density at radius 1 is 1.00 bits per heavy atom. The van der Waals surface area contributed by atoms with Crippen LogP contribution in [0.5, 0.6) is 5.75 Å². The molecule has 1 aliphatic rings. The highest BCUT2D eigenvalue weighted by Crippen LogP contribution is 2.31. The van der Waals surface area contributed by atoms with Crippen molar-refractivity contribution in [3.63, 3.8) is 0 Å². The highest BCUT2D eigenvalue weighted by Gasteiger charge is 2.27. The Morgan fingerprint density at radius 3 is 2.50 bits per heavy atom. The molecule has 1 amide bonds. The highest BCUT2D eigenvalue weighted by molar-refractivity contribution is 5.97. The molecule has 0 bridgehead atoms. The number of ether oxygens (including phenoxy) is 1. The third-order valence-corrected chi connectivity index (χ3v) is 5.14. The van der Waals surface area contributed by atoms with Gasteiger partial charge in [-0.2, -0.15) is 0 Å². The molecule has 142 valence electrons. The van der Waals surface area contributed by atoms with Crippen molar-refractivity contribution in [2.45, 2.75) is 26.0 Å². The van der Waals surface area contributed by atoms with Crippen molar-refractivity contribution in [1.29, 1.82) is 0 Å². The molecule has 3 aromatic rings. The number of carbonyl (C=O) groups excluding carboxylic acids is 1. The SMILES string of the molecule is C[C@@H](Oc1cccc2c1CCN(Cc1ccc(F)cc1)C2=O)c1ccccc1. The van der Waals surface area contributed by atoms with E-state index in [1.807, 2.05) is 55.5 Å². The van der Waals surface area contributed by atoms with E-state index in [1.54, 1.807) is 17.0 Å². The fraction of sp³-hybridized carbons (Fsp3) is 0.208. The van der Waals surface area contributed by atoms with Gasteiger partial charge in [0, 0.05) is 24.2 Å². The molecule has 4 rings (SSSR count). The molecule has 3 nitrogen and oxygen atoms in total. The Bertz CT molecular complexity index is 970. The van der Waals surface area contributed by atoms with E-state index in [1.165, 1.54) is 12.1 Å². The zero-order valence-corrected chi connectivity index (χ0v) is 15.8.